The van der Waals surface area contributed by atoms with Gasteiger partial charge in [0.05, 0.1) is 6.61 Å². The lowest BCUT2D eigenvalue weighted by atomic mass is 10.1. The number of likely N-dealkylation sites (tertiary alicyclic amines) is 1. The van der Waals surface area contributed by atoms with Crippen LogP contribution in [0.15, 0.2) is 12.1 Å². The number of amides is 2. The number of aromatic nitrogens is 1. The van der Waals surface area contributed by atoms with Gasteiger partial charge in [0.2, 0.25) is 11.8 Å². The quantitative estimate of drug-likeness (QED) is 0.863. The van der Waals surface area contributed by atoms with E-state index in [0.717, 1.165) is 24.8 Å². The highest BCUT2D eigenvalue weighted by molar-refractivity contribution is 5.96. The largest absolute Gasteiger partial charge is 0.477 e. The number of nitrogens with zero attached hydrogens (tertiary/aromatic N) is 2. The van der Waals surface area contributed by atoms with Crippen LogP contribution in [0.5, 0.6) is 5.88 Å². The van der Waals surface area contributed by atoms with Crippen LogP contribution in [-0.2, 0) is 4.79 Å². The van der Waals surface area contributed by atoms with Crippen LogP contribution in [0.1, 0.15) is 60.5 Å². The van der Waals surface area contributed by atoms with Gasteiger partial charge in [-0.15, -0.1) is 0 Å². The first-order valence-electron chi connectivity index (χ1n) is 8.87. The first-order chi connectivity index (χ1) is 11.6. The Kier molecular flexibility index (Phi) is 3.90. The molecule has 6 heteroatoms. The van der Waals surface area contributed by atoms with E-state index in [4.69, 9.17) is 10.5 Å². The summed E-state index contributed by atoms with van der Waals surface area (Å²) in [5, 5.41) is 0. The fourth-order valence-corrected chi connectivity index (χ4v) is 3.33. The van der Waals surface area contributed by atoms with Crippen LogP contribution >= 0.6 is 0 Å². The Morgan fingerprint density at radius 1 is 1.21 bits per heavy atom. The fourth-order valence-electron chi connectivity index (χ4n) is 3.33. The normalized spacial score (nSPS) is 23.3. The van der Waals surface area contributed by atoms with Crippen LogP contribution in [0.4, 0.5) is 0 Å². The van der Waals surface area contributed by atoms with Crippen LogP contribution in [0.3, 0.4) is 0 Å². The molecular formula is C18H23N3O3. The zero-order valence-electron chi connectivity index (χ0n) is 13.7. The lowest BCUT2D eigenvalue weighted by Gasteiger charge is -2.22. The molecule has 2 saturated carbocycles. The van der Waals surface area contributed by atoms with E-state index in [1.54, 1.807) is 11.0 Å². The van der Waals surface area contributed by atoms with E-state index in [1.165, 1.54) is 12.8 Å². The third-order valence-corrected chi connectivity index (χ3v) is 5.12. The van der Waals surface area contributed by atoms with E-state index in [-0.39, 0.29) is 5.91 Å². The summed E-state index contributed by atoms with van der Waals surface area (Å²) in [5.74, 6) is 1.08. The molecule has 24 heavy (non-hydrogen) atoms. The van der Waals surface area contributed by atoms with Crippen molar-refractivity contribution in [3.8, 4) is 5.88 Å². The second kappa shape index (κ2) is 6.07. The lowest BCUT2D eigenvalue weighted by molar-refractivity contribution is -0.121. The minimum atomic E-state index is -0.516. The van der Waals surface area contributed by atoms with Crippen molar-refractivity contribution < 1.29 is 14.3 Å². The second-order valence-corrected chi connectivity index (χ2v) is 7.18. The number of carbonyl (C=O) groups excluding carboxylic acids is 2. The minimum Gasteiger partial charge on any atom is -0.477 e. The number of rotatable bonds is 6. The third-order valence-electron chi connectivity index (χ3n) is 5.12. The second-order valence-electron chi connectivity index (χ2n) is 7.18. The molecule has 3 aliphatic rings. The van der Waals surface area contributed by atoms with Gasteiger partial charge in [0.25, 0.3) is 5.91 Å². The molecule has 1 aromatic heterocycles. The molecule has 1 aliphatic heterocycles. The Hall–Kier alpha value is -2.11. The van der Waals surface area contributed by atoms with Crippen molar-refractivity contribution in [3.63, 3.8) is 0 Å². The number of hydrogen-bond acceptors (Lipinski definition) is 4. The molecule has 2 amide bonds. The summed E-state index contributed by atoms with van der Waals surface area (Å²) < 4.78 is 5.92. The summed E-state index contributed by atoms with van der Waals surface area (Å²) in [6.07, 6.45) is 6.17. The summed E-state index contributed by atoms with van der Waals surface area (Å²) >= 11 is 0. The number of ether oxygens (including phenoxy) is 1. The van der Waals surface area contributed by atoms with Gasteiger partial charge in [-0.1, -0.05) is 6.07 Å². The van der Waals surface area contributed by atoms with Crippen molar-refractivity contribution in [3.05, 3.63) is 23.4 Å². The maximum Gasteiger partial charge on any atom is 0.273 e. The van der Waals surface area contributed by atoms with Gasteiger partial charge in [-0.3, -0.25) is 9.59 Å². The van der Waals surface area contributed by atoms with Crippen molar-refractivity contribution in [1.82, 2.24) is 9.88 Å². The van der Waals surface area contributed by atoms with Crippen LogP contribution in [-0.4, -0.2) is 40.9 Å². The fraction of sp³-hybridized carbons (Fsp3) is 0.611. The van der Waals surface area contributed by atoms with E-state index in [2.05, 4.69) is 4.98 Å². The molecule has 0 radical (unpaired) electrons. The Morgan fingerprint density at radius 2 is 2.00 bits per heavy atom. The van der Waals surface area contributed by atoms with Crippen LogP contribution in [0, 0.1) is 5.92 Å². The molecule has 1 unspecified atom stereocenters. The van der Waals surface area contributed by atoms with E-state index in [1.807, 2.05) is 6.07 Å². The zero-order chi connectivity index (χ0) is 16.7. The smallest absolute Gasteiger partial charge is 0.273 e. The minimum absolute atomic E-state index is 0.227. The molecule has 2 heterocycles. The van der Waals surface area contributed by atoms with Gasteiger partial charge in [-0.2, -0.15) is 0 Å². The Bertz CT molecular complexity index is 667. The number of carbonyl (C=O) groups is 2. The lowest BCUT2D eigenvalue weighted by Crippen LogP contribution is -2.44. The van der Waals surface area contributed by atoms with Gasteiger partial charge in [0, 0.05) is 12.1 Å². The summed E-state index contributed by atoms with van der Waals surface area (Å²) in [5.41, 5.74) is 6.87. The molecule has 0 spiro atoms. The molecular weight excluding hydrogens is 306 g/mol. The predicted octanol–water partition coefficient (Wildman–Crippen LogP) is 1.84. The van der Waals surface area contributed by atoms with Crippen molar-refractivity contribution in [2.75, 3.05) is 13.2 Å². The van der Waals surface area contributed by atoms with E-state index in [0.29, 0.717) is 43.0 Å². The number of hydrogen-bond donors (Lipinski definition) is 1. The van der Waals surface area contributed by atoms with Gasteiger partial charge in [0.1, 0.15) is 11.7 Å². The van der Waals surface area contributed by atoms with Crippen molar-refractivity contribution >= 4 is 11.8 Å². The number of primary amides is 1. The van der Waals surface area contributed by atoms with Gasteiger partial charge < -0.3 is 15.4 Å². The summed E-state index contributed by atoms with van der Waals surface area (Å²) in [4.78, 5) is 30.3. The van der Waals surface area contributed by atoms with E-state index in [9.17, 15) is 9.59 Å². The maximum absolute atomic E-state index is 12.8. The van der Waals surface area contributed by atoms with Gasteiger partial charge >= 0.3 is 0 Å². The van der Waals surface area contributed by atoms with Crippen LogP contribution in [0.2, 0.25) is 0 Å². The summed E-state index contributed by atoms with van der Waals surface area (Å²) in [6, 6.07) is 3.21. The van der Waals surface area contributed by atoms with Gasteiger partial charge in [-0.25, -0.2) is 4.98 Å². The van der Waals surface area contributed by atoms with E-state index < -0.39 is 11.9 Å². The Labute approximate surface area is 141 Å². The average molecular weight is 329 g/mol. The molecule has 128 valence electrons. The van der Waals surface area contributed by atoms with Crippen molar-refractivity contribution in [2.45, 2.75) is 50.5 Å². The highest BCUT2D eigenvalue weighted by Crippen LogP contribution is 2.44. The van der Waals surface area contributed by atoms with E-state index >= 15 is 0 Å². The third kappa shape index (κ3) is 3.09. The molecule has 3 fully saturated rings. The molecule has 0 aromatic carbocycles. The summed E-state index contributed by atoms with van der Waals surface area (Å²) in [7, 11) is 0. The Balaban J connectivity index is 1.56. The zero-order valence-corrected chi connectivity index (χ0v) is 13.7. The Morgan fingerprint density at radius 3 is 2.67 bits per heavy atom. The van der Waals surface area contributed by atoms with Gasteiger partial charge in [-0.05, 0) is 56.4 Å². The monoisotopic (exact) mass is 329 g/mol. The van der Waals surface area contributed by atoms with Crippen LogP contribution in [0.25, 0.3) is 0 Å². The standard InChI is InChI=1S/C18H23N3O3/c19-16(22)15-2-1-9-21(15)18(23)14-8-7-13(12-5-6-12)17(20-14)24-10-11-3-4-11/h7-8,11-12,15H,1-6,9-10H2,(H2,19,22). The first-order valence-corrected chi connectivity index (χ1v) is 8.87. The first kappa shape index (κ1) is 15.4. The van der Waals surface area contributed by atoms with Crippen LogP contribution < -0.4 is 10.5 Å². The predicted molar refractivity (Wildman–Crippen MR) is 87.7 cm³/mol. The average Bonchev–Trinajstić information content (AvgIpc) is 3.50. The highest BCUT2D eigenvalue weighted by Gasteiger charge is 2.35. The molecule has 4 rings (SSSR count). The molecule has 0 bridgehead atoms. The van der Waals surface area contributed by atoms with Gasteiger partial charge in [0.15, 0.2) is 0 Å². The number of nitrogens with two attached hydrogens (primary N) is 1. The molecule has 2 N–H and O–H groups in total. The molecule has 1 atom stereocenters. The summed E-state index contributed by atoms with van der Waals surface area (Å²) in [6.45, 7) is 1.23. The topological polar surface area (TPSA) is 85.5 Å². The maximum atomic E-state index is 12.8. The molecule has 1 aromatic rings. The molecule has 6 nitrogen and oxygen atoms in total. The molecule has 1 saturated heterocycles. The highest BCUT2D eigenvalue weighted by atomic mass is 16.5. The number of pyridine rings is 1. The molecule has 2 aliphatic carbocycles. The van der Waals surface area contributed by atoms with Crippen molar-refractivity contribution in [1.29, 1.82) is 0 Å². The SMILES string of the molecule is NC(=O)C1CCCN1C(=O)c1ccc(C2CC2)c(OCC2CC2)n1. The van der Waals surface area contributed by atoms with Crippen molar-refractivity contribution in [2.24, 2.45) is 11.7 Å².